The first-order valence-electron chi connectivity index (χ1n) is 5.17. The fourth-order valence-corrected chi connectivity index (χ4v) is 1.94. The summed E-state index contributed by atoms with van der Waals surface area (Å²) in [6.45, 7) is 8.42. The second kappa shape index (κ2) is 12.0. The van der Waals surface area contributed by atoms with Crippen LogP contribution in [-0.2, 0) is 13.4 Å². The Hall–Kier alpha value is 1.26. The van der Waals surface area contributed by atoms with Gasteiger partial charge >= 0.3 is 45.2 Å². The SMILES string of the molecule is O=P(O)(O)OP(=O)(O)O.[CH2-]C(CC)CCCC.[Na+]. The van der Waals surface area contributed by atoms with Gasteiger partial charge in [0.15, 0.2) is 0 Å². The van der Waals surface area contributed by atoms with Crippen LogP contribution in [0.2, 0.25) is 0 Å². The van der Waals surface area contributed by atoms with E-state index in [-0.39, 0.29) is 29.6 Å². The molecule has 0 bridgehead atoms. The molecule has 1 unspecified atom stereocenters. The molecule has 0 aromatic carbocycles. The van der Waals surface area contributed by atoms with E-state index < -0.39 is 15.6 Å². The van der Waals surface area contributed by atoms with Gasteiger partial charge in [0.1, 0.15) is 0 Å². The Balaban J connectivity index is -0.000000238. The van der Waals surface area contributed by atoms with Crippen LogP contribution in [-0.4, -0.2) is 19.6 Å². The van der Waals surface area contributed by atoms with Crippen molar-refractivity contribution in [3.05, 3.63) is 6.92 Å². The van der Waals surface area contributed by atoms with Gasteiger partial charge < -0.3 is 26.5 Å². The Morgan fingerprint density at radius 1 is 1.11 bits per heavy atom. The van der Waals surface area contributed by atoms with Crippen LogP contribution in [0.4, 0.5) is 0 Å². The van der Waals surface area contributed by atoms with E-state index in [1.54, 1.807) is 0 Å². The molecule has 0 aliphatic heterocycles. The molecular formula is C8H21NaO7P2. The van der Waals surface area contributed by atoms with Gasteiger partial charge in [0.2, 0.25) is 0 Å². The van der Waals surface area contributed by atoms with Crippen LogP contribution >= 0.6 is 15.6 Å². The number of rotatable bonds is 6. The van der Waals surface area contributed by atoms with Gasteiger partial charge in [0.25, 0.3) is 0 Å². The maximum Gasteiger partial charge on any atom is 1.00 e. The van der Waals surface area contributed by atoms with Crippen LogP contribution in [0.1, 0.15) is 39.5 Å². The minimum atomic E-state index is -5.05. The molecule has 0 spiro atoms. The third-order valence-corrected chi connectivity index (χ3v) is 3.46. The van der Waals surface area contributed by atoms with Gasteiger partial charge in [-0.05, 0) is 0 Å². The molecule has 4 N–H and O–H groups in total. The van der Waals surface area contributed by atoms with Crippen molar-refractivity contribution in [2.75, 3.05) is 0 Å². The predicted octanol–water partition coefficient (Wildman–Crippen LogP) is -0.771. The molecule has 0 aliphatic carbocycles. The van der Waals surface area contributed by atoms with E-state index in [2.05, 4.69) is 25.1 Å². The first-order chi connectivity index (χ1) is 7.52. The van der Waals surface area contributed by atoms with E-state index in [0.717, 1.165) is 0 Å². The van der Waals surface area contributed by atoms with Crippen molar-refractivity contribution < 1.29 is 62.6 Å². The average molecular weight is 314 g/mol. The van der Waals surface area contributed by atoms with Crippen LogP contribution in [0, 0.1) is 12.8 Å². The Kier molecular flexibility index (Phi) is 16.2. The van der Waals surface area contributed by atoms with E-state index in [1.165, 1.54) is 25.7 Å². The standard InChI is InChI=1S/C8H17.Na.H4O7P2/c1-4-6-7-8(3)5-2;;1-8(2,3)7-9(4,5)6/h8H,3-7H2,1-2H3;;(H2,1,2,3)(H2,4,5,6)/q-1;+1;. The van der Waals surface area contributed by atoms with Crippen molar-refractivity contribution >= 4 is 15.6 Å². The molecule has 0 aliphatic rings. The fraction of sp³-hybridized carbons (Fsp3) is 0.875. The molecule has 0 amide bonds. The van der Waals surface area contributed by atoms with Gasteiger partial charge in [-0.15, -0.1) is 0 Å². The van der Waals surface area contributed by atoms with Crippen molar-refractivity contribution in [3.8, 4) is 0 Å². The summed E-state index contributed by atoms with van der Waals surface area (Å²) in [5, 5.41) is 0. The first-order valence-corrected chi connectivity index (χ1v) is 8.23. The summed E-state index contributed by atoms with van der Waals surface area (Å²) in [5.41, 5.74) is 0. The second-order valence-corrected chi connectivity index (χ2v) is 6.09. The van der Waals surface area contributed by atoms with Crippen LogP contribution in [0.15, 0.2) is 0 Å². The van der Waals surface area contributed by atoms with Crippen molar-refractivity contribution in [1.82, 2.24) is 0 Å². The van der Waals surface area contributed by atoms with E-state index in [9.17, 15) is 9.13 Å². The van der Waals surface area contributed by atoms with Crippen molar-refractivity contribution in [1.29, 1.82) is 0 Å². The molecule has 106 valence electrons. The van der Waals surface area contributed by atoms with Crippen molar-refractivity contribution in [3.63, 3.8) is 0 Å². The summed E-state index contributed by atoms with van der Waals surface area (Å²) < 4.78 is 22.2. The molecule has 0 aromatic heterocycles. The summed E-state index contributed by atoms with van der Waals surface area (Å²) in [6, 6.07) is 0. The quantitative estimate of drug-likeness (QED) is 0.288. The topological polar surface area (TPSA) is 124 Å². The van der Waals surface area contributed by atoms with Crippen molar-refractivity contribution in [2.24, 2.45) is 5.92 Å². The zero-order valence-electron chi connectivity index (χ0n) is 11.0. The molecule has 18 heavy (non-hydrogen) atoms. The number of phosphoric acid groups is 2. The smallest absolute Gasteiger partial charge is 0.340 e. The van der Waals surface area contributed by atoms with Gasteiger partial charge in [-0.2, -0.15) is 10.2 Å². The summed E-state index contributed by atoms with van der Waals surface area (Å²) in [4.78, 5) is 31.0. The van der Waals surface area contributed by atoms with E-state index in [4.69, 9.17) is 19.6 Å². The zero-order chi connectivity index (χ0) is 14.1. The van der Waals surface area contributed by atoms with Gasteiger partial charge in [-0.25, -0.2) is 9.13 Å². The van der Waals surface area contributed by atoms with E-state index in [0.29, 0.717) is 5.92 Å². The largest absolute Gasteiger partial charge is 1.00 e. The second-order valence-electron chi connectivity index (χ2n) is 3.48. The van der Waals surface area contributed by atoms with Crippen LogP contribution in [0.5, 0.6) is 0 Å². The van der Waals surface area contributed by atoms with E-state index in [1.807, 2.05) is 0 Å². The maximum absolute atomic E-state index is 9.63. The van der Waals surface area contributed by atoms with Gasteiger partial charge in [-0.1, -0.05) is 39.5 Å². The summed E-state index contributed by atoms with van der Waals surface area (Å²) in [7, 11) is -10.1. The molecule has 0 heterocycles. The minimum Gasteiger partial charge on any atom is -0.340 e. The molecular weight excluding hydrogens is 293 g/mol. The maximum atomic E-state index is 9.63. The molecule has 0 aromatic rings. The Bertz CT molecular complexity index is 255. The average Bonchev–Trinajstić information content (AvgIpc) is 2.09. The Morgan fingerprint density at radius 3 is 1.67 bits per heavy atom. The summed E-state index contributed by atoms with van der Waals surface area (Å²) in [6.07, 6.45) is 5.21. The van der Waals surface area contributed by atoms with Gasteiger partial charge in [0, 0.05) is 0 Å². The molecule has 0 saturated carbocycles. The normalized spacial score (nSPS) is 13.1. The molecule has 7 nitrogen and oxygen atoms in total. The zero-order valence-corrected chi connectivity index (χ0v) is 14.8. The van der Waals surface area contributed by atoms with Crippen LogP contribution < -0.4 is 29.6 Å². The molecule has 0 rings (SSSR count). The third-order valence-electron chi connectivity index (χ3n) is 1.76. The van der Waals surface area contributed by atoms with Crippen LogP contribution in [0.3, 0.4) is 0 Å². The molecule has 0 radical (unpaired) electrons. The van der Waals surface area contributed by atoms with Crippen molar-refractivity contribution in [2.45, 2.75) is 39.5 Å². The van der Waals surface area contributed by atoms with Gasteiger partial charge in [-0.3, -0.25) is 0 Å². The monoisotopic (exact) mass is 314 g/mol. The van der Waals surface area contributed by atoms with Gasteiger partial charge in [0.05, 0.1) is 0 Å². The fourth-order valence-electron chi connectivity index (χ4n) is 0.835. The first kappa shape index (κ1) is 24.3. The Labute approximate surface area is 130 Å². The predicted molar refractivity (Wildman–Crippen MR) is 63.8 cm³/mol. The number of hydrogen-bond donors (Lipinski definition) is 4. The molecule has 0 saturated heterocycles. The minimum absolute atomic E-state index is 0. The number of hydrogen-bond acceptors (Lipinski definition) is 3. The number of unbranched alkanes of at least 4 members (excludes halogenated alkanes) is 1. The van der Waals surface area contributed by atoms with Crippen LogP contribution in [0.25, 0.3) is 0 Å². The summed E-state index contributed by atoms with van der Waals surface area (Å²) in [5.74, 6) is 0.704. The molecule has 0 fully saturated rings. The Morgan fingerprint density at radius 2 is 1.50 bits per heavy atom. The molecule has 10 heteroatoms. The molecule has 1 atom stereocenters. The third kappa shape index (κ3) is 26.0. The summed E-state index contributed by atoms with van der Waals surface area (Å²) >= 11 is 0. The van der Waals surface area contributed by atoms with E-state index >= 15 is 0 Å².